The van der Waals surface area contributed by atoms with E-state index in [1.807, 2.05) is 84.9 Å². The Hall–Kier alpha value is -5.04. The first-order chi connectivity index (χ1) is 19.6. The second-order valence-corrected chi connectivity index (χ2v) is 9.86. The number of carboxylic acid groups (broad SMARTS) is 1. The van der Waals surface area contributed by atoms with Gasteiger partial charge in [0.2, 0.25) is 0 Å². The van der Waals surface area contributed by atoms with Gasteiger partial charge in [0, 0.05) is 29.4 Å². The second kappa shape index (κ2) is 11.0. The Balaban J connectivity index is 1.12. The van der Waals surface area contributed by atoms with Crippen molar-refractivity contribution < 1.29 is 24.2 Å². The molecule has 40 heavy (non-hydrogen) atoms. The van der Waals surface area contributed by atoms with E-state index in [2.05, 4.69) is 22.4 Å². The first-order valence-electron chi connectivity index (χ1n) is 13.2. The molecule has 5 aromatic rings. The van der Waals surface area contributed by atoms with E-state index in [1.54, 1.807) is 6.20 Å². The maximum Gasteiger partial charge on any atom is 0.407 e. The van der Waals surface area contributed by atoms with Gasteiger partial charge in [-0.05, 0) is 51.6 Å². The Morgan fingerprint density at radius 2 is 1.55 bits per heavy atom. The fraction of sp³-hybridized carbons (Fsp3) is 0.152. The van der Waals surface area contributed by atoms with Crippen molar-refractivity contribution >= 4 is 23.0 Å². The average Bonchev–Trinajstić information content (AvgIpc) is 3.53. The molecule has 0 bridgehead atoms. The van der Waals surface area contributed by atoms with Crippen molar-refractivity contribution in [3.05, 3.63) is 126 Å². The number of carbonyl (C=O) groups is 2. The minimum atomic E-state index is -1.16. The number of H-pyrrole nitrogens is 1. The molecule has 1 aromatic heterocycles. The number of amides is 1. The summed E-state index contributed by atoms with van der Waals surface area (Å²) in [7, 11) is 0. The summed E-state index contributed by atoms with van der Waals surface area (Å²) in [5.74, 6) is -0.572. The summed E-state index contributed by atoms with van der Waals surface area (Å²) in [5, 5.41) is 13.3. The molecule has 6 rings (SSSR count). The van der Waals surface area contributed by atoms with Crippen LogP contribution in [-0.4, -0.2) is 34.8 Å². The Labute approximate surface area is 231 Å². The van der Waals surface area contributed by atoms with Crippen LogP contribution in [0.2, 0.25) is 0 Å². The van der Waals surface area contributed by atoms with E-state index in [1.165, 1.54) is 0 Å². The minimum absolute atomic E-state index is 0.0850. The van der Waals surface area contributed by atoms with Gasteiger partial charge < -0.3 is 24.9 Å². The maximum atomic E-state index is 12.8. The number of aromatic amines is 1. The summed E-state index contributed by atoms with van der Waals surface area (Å²) < 4.78 is 11.5. The summed E-state index contributed by atoms with van der Waals surface area (Å²) in [6.45, 7) is 0.536. The number of aliphatic carboxylic acids is 1. The Morgan fingerprint density at radius 3 is 2.25 bits per heavy atom. The highest BCUT2D eigenvalue weighted by Crippen LogP contribution is 2.44. The molecule has 7 nitrogen and oxygen atoms in total. The Bertz CT molecular complexity index is 1630. The molecular formula is C33H28N2O5. The summed E-state index contributed by atoms with van der Waals surface area (Å²) in [6.07, 6.45) is 1.09. The van der Waals surface area contributed by atoms with Crippen LogP contribution >= 0.6 is 0 Å². The molecule has 1 amide bonds. The Kier molecular flexibility index (Phi) is 6.93. The number of hydrogen-bond donors (Lipinski definition) is 3. The highest BCUT2D eigenvalue weighted by atomic mass is 16.5. The van der Waals surface area contributed by atoms with Gasteiger partial charge in [0.1, 0.15) is 25.0 Å². The highest BCUT2D eigenvalue weighted by Gasteiger charge is 2.30. The van der Waals surface area contributed by atoms with Gasteiger partial charge in [0.05, 0.1) is 0 Å². The molecule has 0 spiro atoms. The number of carboxylic acids is 1. The average molecular weight is 533 g/mol. The van der Waals surface area contributed by atoms with Crippen LogP contribution in [0.1, 0.15) is 28.2 Å². The number of hydrogen-bond acceptors (Lipinski definition) is 4. The second-order valence-electron chi connectivity index (χ2n) is 9.86. The van der Waals surface area contributed by atoms with E-state index in [9.17, 15) is 14.7 Å². The van der Waals surface area contributed by atoms with E-state index in [0.29, 0.717) is 12.4 Å². The molecule has 1 aliphatic rings. The highest BCUT2D eigenvalue weighted by molar-refractivity contribution is 5.87. The molecule has 7 heteroatoms. The van der Waals surface area contributed by atoms with Crippen LogP contribution in [0.3, 0.4) is 0 Å². The van der Waals surface area contributed by atoms with Gasteiger partial charge in [-0.1, -0.05) is 78.9 Å². The zero-order valence-corrected chi connectivity index (χ0v) is 21.7. The molecule has 1 heterocycles. The number of nitrogens with one attached hydrogen (secondary N) is 2. The Morgan fingerprint density at radius 1 is 0.875 bits per heavy atom. The molecule has 1 atom stereocenters. The number of fused-ring (bicyclic) bond motifs is 4. The number of carbonyl (C=O) groups excluding carboxylic acids is 1. The predicted molar refractivity (Wildman–Crippen MR) is 152 cm³/mol. The maximum absolute atomic E-state index is 12.8. The molecular weight excluding hydrogens is 504 g/mol. The van der Waals surface area contributed by atoms with Crippen molar-refractivity contribution in [3.8, 4) is 16.9 Å². The molecule has 3 N–H and O–H groups in total. The summed E-state index contributed by atoms with van der Waals surface area (Å²) in [6, 6.07) is 30.5. The molecule has 0 aliphatic heterocycles. The fourth-order valence-corrected chi connectivity index (χ4v) is 5.36. The number of ether oxygens (including phenoxy) is 2. The predicted octanol–water partition coefficient (Wildman–Crippen LogP) is 6.28. The fourth-order valence-electron chi connectivity index (χ4n) is 5.36. The van der Waals surface area contributed by atoms with E-state index in [-0.39, 0.29) is 18.9 Å². The molecule has 1 unspecified atom stereocenters. The van der Waals surface area contributed by atoms with Crippen molar-refractivity contribution in [3.63, 3.8) is 0 Å². The van der Waals surface area contributed by atoms with Gasteiger partial charge in [-0.15, -0.1) is 0 Å². The van der Waals surface area contributed by atoms with Crippen molar-refractivity contribution in [2.24, 2.45) is 0 Å². The molecule has 200 valence electrons. The van der Waals surface area contributed by atoms with Gasteiger partial charge in [-0.2, -0.15) is 0 Å². The summed E-state index contributed by atoms with van der Waals surface area (Å²) in [5.41, 5.74) is 7.10. The van der Waals surface area contributed by atoms with Crippen molar-refractivity contribution in [2.75, 3.05) is 6.61 Å². The normalized spacial score (nSPS) is 12.9. The molecule has 0 fully saturated rings. The monoisotopic (exact) mass is 532 g/mol. The van der Waals surface area contributed by atoms with Crippen molar-refractivity contribution in [2.45, 2.75) is 25.0 Å². The van der Waals surface area contributed by atoms with E-state index < -0.39 is 18.1 Å². The lowest BCUT2D eigenvalue weighted by Gasteiger charge is -2.17. The van der Waals surface area contributed by atoms with Gasteiger partial charge >= 0.3 is 12.1 Å². The molecule has 0 radical (unpaired) electrons. The van der Waals surface area contributed by atoms with Crippen molar-refractivity contribution in [1.82, 2.24) is 10.3 Å². The SMILES string of the molecule is O=C(NC(Cc1c[nH]c2ccc(OCc3ccccc3)cc12)C(=O)O)OCC1c2ccccc2-c2ccccc21. The number of aromatic nitrogens is 1. The zero-order valence-electron chi connectivity index (χ0n) is 21.7. The third-order valence-corrected chi connectivity index (χ3v) is 7.35. The smallest absolute Gasteiger partial charge is 0.407 e. The lowest BCUT2D eigenvalue weighted by molar-refractivity contribution is -0.139. The van der Waals surface area contributed by atoms with Crippen LogP contribution in [-0.2, 0) is 22.6 Å². The first-order valence-corrected chi connectivity index (χ1v) is 13.2. The van der Waals surface area contributed by atoms with Crippen LogP contribution in [0.15, 0.2) is 103 Å². The number of rotatable bonds is 9. The zero-order chi connectivity index (χ0) is 27.5. The topological polar surface area (TPSA) is 101 Å². The molecule has 1 aliphatic carbocycles. The standard InChI is InChI=1S/C33H28N2O5/c36-32(37)31(16-22-18-34-30-15-14-23(17-28(22)30)39-19-21-8-2-1-3-9-21)35-33(38)40-20-29-26-12-6-4-10-24(26)25-11-5-7-13-27(25)29/h1-15,17-18,29,31,34H,16,19-20H2,(H,35,38)(H,36,37). The lowest BCUT2D eigenvalue weighted by Crippen LogP contribution is -2.42. The summed E-state index contributed by atoms with van der Waals surface area (Å²) >= 11 is 0. The van der Waals surface area contributed by atoms with Crippen LogP contribution in [0.25, 0.3) is 22.0 Å². The number of alkyl carbamates (subject to hydrolysis) is 1. The van der Waals surface area contributed by atoms with Gasteiger partial charge in [-0.25, -0.2) is 9.59 Å². The van der Waals surface area contributed by atoms with Gasteiger partial charge in [-0.3, -0.25) is 0 Å². The van der Waals surface area contributed by atoms with Crippen molar-refractivity contribution in [1.29, 1.82) is 0 Å². The molecule has 0 saturated carbocycles. The minimum Gasteiger partial charge on any atom is -0.489 e. The number of benzene rings is 4. The largest absolute Gasteiger partial charge is 0.489 e. The van der Waals surface area contributed by atoms with E-state index in [0.717, 1.165) is 44.3 Å². The summed E-state index contributed by atoms with van der Waals surface area (Å²) in [4.78, 5) is 28.1. The van der Waals surface area contributed by atoms with Gasteiger partial charge in [0.15, 0.2) is 0 Å². The third-order valence-electron chi connectivity index (χ3n) is 7.35. The van der Waals surface area contributed by atoms with Gasteiger partial charge in [0.25, 0.3) is 0 Å². The van der Waals surface area contributed by atoms with E-state index in [4.69, 9.17) is 9.47 Å². The quantitative estimate of drug-likeness (QED) is 0.207. The van der Waals surface area contributed by atoms with Crippen LogP contribution < -0.4 is 10.1 Å². The van der Waals surface area contributed by atoms with Crippen LogP contribution in [0.4, 0.5) is 4.79 Å². The van der Waals surface area contributed by atoms with Crippen LogP contribution in [0, 0.1) is 0 Å². The molecule has 4 aromatic carbocycles. The third kappa shape index (κ3) is 5.14. The van der Waals surface area contributed by atoms with E-state index >= 15 is 0 Å². The molecule has 0 saturated heterocycles. The first kappa shape index (κ1) is 25.2. The lowest BCUT2D eigenvalue weighted by atomic mass is 9.98. The van der Waals surface area contributed by atoms with Crippen LogP contribution in [0.5, 0.6) is 5.75 Å².